The van der Waals surface area contributed by atoms with Crippen LogP contribution in [-0.4, -0.2) is 184 Å². The highest BCUT2D eigenvalue weighted by molar-refractivity contribution is 5.91. The number of cyclic esters (lactones) is 1. The van der Waals surface area contributed by atoms with E-state index in [0.29, 0.717) is 12.8 Å². The number of hydrogen-bond acceptors (Lipinski definition) is 17. The first kappa shape index (κ1) is 49.0. The summed E-state index contributed by atoms with van der Waals surface area (Å²) < 4.78 is 60.7. The summed E-state index contributed by atoms with van der Waals surface area (Å²) in [5.74, 6) is -3.41. The Kier molecular flexibility index (Phi) is 18.1. The lowest BCUT2D eigenvalue weighted by molar-refractivity contribution is -0.309. The van der Waals surface area contributed by atoms with E-state index in [1.165, 1.54) is 34.5 Å². The minimum atomic E-state index is -1.59. The standard InChI is InChI=1S/C41H71NO16/c1-13-27-25(19-53-40-37(52-12)36(51-11)33(46)23(5)55-40)38(48)41(6)15-14-26(43)20(2)16-24(17-30(49-9)50-10)35(21(3)28(58-41)18-29(44)56-27)57-39-34(47)31(42(7)8)32(45)22(4)54-39/h14-15,20-25,27-28,30-40,45-48H,13,16-19H2,1-12H3/b15-14+/t20-,21+,22-,23-,24-,25-,27-,28?,31-,32-,33-,34-,35-,36-,37-,38-,39+,40-,41-/m1/s1. The normalized spacial score (nSPS) is 45.2. The third kappa shape index (κ3) is 11.0. The molecule has 3 saturated heterocycles. The Balaban J connectivity index is 1.78. The van der Waals surface area contributed by atoms with Crippen LogP contribution in [0.1, 0.15) is 67.2 Å². The third-order valence-corrected chi connectivity index (χ3v) is 12.7. The van der Waals surface area contributed by atoms with Gasteiger partial charge >= 0.3 is 5.97 Å². The molecule has 1 unspecified atom stereocenters. The molecule has 4 aliphatic heterocycles. The van der Waals surface area contributed by atoms with Crippen molar-refractivity contribution in [1.82, 2.24) is 4.90 Å². The second-order valence-electron chi connectivity index (χ2n) is 16.9. The van der Waals surface area contributed by atoms with Gasteiger partial charge < -0.3 is 72.7 Å². The van der Waals surface area contributed by atoms with Crippen LogP contribution in [0.2, 0.25) is 0 Å². The van der Waals surface area contributed by atoms with Crippen LogP contribution in [0.25, 0.3) is 0 Å². The largest absolute Gasteiger partial charge is 0.462 e. The summed E-state index contributed by atoms with van der Waals surface area (Å²) in [5.41, 5.74) is -1.59. The number of ketones is 1. The number of likely N-dealkylation sites (N-methyl/N-ethyl adjacent to an activating group) is 1. The van der Waals surface area contributed by atoms with Crippen LogP contribution >= 0.6 is 0 Å². The number of hydrogen-bond donors (Lipinski definition) is 4. The SMILES string of the molecule is CC[C@H]1OC(=O)CC2O[C@](C)(/C=C/C(=O)[C@H](C)C[C@H](CC(OC)OC)[C@H](O[C@@H]3O[C@H](C)[C@@H](O)[C@@H](N(C)C)[C@H]3O)[C@H]2C)[C@H](O)[C@@H]1CO[C@@H]1O[C@H](C)[C@@H](O)[C@@H](OC)[C@H]1OC. The summed E-state index contributed by atoms with van der Waals surface area (Å²) in [4.78, 5) is 29.7. The van der Waals surface area contributed by atoms with Crippen LogP contribution in [0.5, 0.6) is 0 Å². The predicted molar refractivity (Wildman–Crippen MR) is 207 cm³/mol. The zero-order chi connectivity index (χ0) is 43.2. The molecular weight excluding hydrogens is 762 g/mol. The number of ether oxygens (including phenoxy) is 10. The minimum absolute atomic E-state index is 0.189. The molecule has 0 aromatic rings. The molecule has 2 bridgehead atoms. The lowest BCUT2D eigenvalue weighted by atomic mass is 9.79. The second-order valence-corrected chi connectivity index (χ2v) is 16.9. The van der Waals surface area contributed by atoms with Gasteiger partial charge in [0, 0.05) is 52.6 Å². The Morgan fingerprint density at radius 3 is 2.09 bits per heavy atom. The molecule has 17 nitrogen and oxygen atoms in total. The first-order valence-corrected chi connectivity index (χ1v) is 20.5. The quantitative estimate of drug-likeness (QED) is 0.152. The minimum Gasteiger partial charge on any atom is -0.462 e. The zero-order valence-corrected chi connectivity index (χ0v) is 36.3. The highest BCUT2D eigenvalue weighted by atomic mass is 16.7. The number of nitrogens with zero attached hydrogens (tertiary/aromatic N) is 1. The van der Waals surface area contributed by atoms with E-state index >= 15 is 0 Å². The number of aliphatic hydroxyl groups is 4. The molecule has 0 aromatic heterocycles. The Hall–Kier alpha value is -1.68. The molecule has 4 heterocycles. The molecule has 58 heavy (non-hydrogen) atoms. The number of esters is 1. The third-order valence-electron chi connectivity index (χ3n) is 12.7. The Bertz CT molecular complexity index is 1330. The lowest BCUT2D eigenvalue weighted by Crippen LogP contribution is -2.63. The summed E-state index contributed by atoms with van der Waals surface area (Å²) in [6, 6.07) is -0.729. The van der Waals surface area contributed by atoms with E-state index in [2.05, 4.69) is 0 Å². The van der Waals surface area contributed by atoms with Gasteiger partial charge in [0.1, 0.15) is 36.1 Å². The van der Waals surface area contributed by atoms with Gasteiger partial charge in [-0.3, -0.25) is 9.59 Å². The molecule has 17 heteroatoms. The summed E-state index contributed by atoms with van der Waals surface area (Å²) in [7, 11) is 9.42. The Labute approximate surface area is 343 Å². The van der Waals surface area contributed by atoms with Crippen molar-refractivity contribution in [1.29, 1.82) is 0 Å². The molecule has 0 saturated carbocycles. The van der Waals surface area contributed by atoms with E-state index in [9.17, 15) is 30.0 Å². The fourth-order valence-corrected chi connectivity index (χ4v) is 9.04. The molecule has 3 fully saturated rings. The molecule has 0 aromatic carbocycles. The highest BCUT2D eigenvalue weighted by Gasteiger charge is 2.52. The number of fused-ring (bicyclic) bond motifs is 2. The van der Waals surface area contributed by atoms with Gasteiger partial charge in [-0.25, -0.2) is 0 Å². The highest BCUT2D eigenvalue weighted by Crippen LogP contribution is 2.41. The molecular formula is C41H71NO16. The maximum atomic E-state index is 14.0. The van der Waals surface area contributed by atoms with Gasteiger partial charge in [-0.2, -0.15) is 0 Å². The van der Waals surface area contributed by atoms with E-state index in [-0.39, 0.29) is 25.2 Å². The number of carbonyl (C=O) groups excluding carboxylic acids is 2. The van der Waals surface area contributed by atoms with Crippen molar-refractivity contribution >= 4 is 11.8 Å². The number of methoxy groups -OCH3 is 4. The number of carbonyl (C=O) groups is 2. The van der Waals surface area contributed by atoms with E-state index in [1.807, 2.05) is 13.8 Å². The van der Waals surface area contributed by atoms with Gasteiger partial charge in [0.05, 0.1) is 55.7 Å². The average molecular weight is 834 g/mol. The first-order valence-electron chi connectivity index (χ1n) is 20.5. The van der Waals surface area contributed by atoms with E-state index in [4.69, 9.17) is 47.4 Å². The maximum Gasteiger partial charge on any atom is 0.308 e. The maximum absolute atomic E-state index is 14.0. The zero-order valence-electron chi connectivity index (χ0n) is 36.3. The monoisotopic (exact) mass is 833 g/mol. The van der Waals surface area contributed by atoms with Gasteiger partial charge in [0.25, 0.3) is 0 Å². The molecule has 4 rings (SSSR count). The van der Waals surface area contributed by atoms with Crippen molar-refractivity contribution in [2.75, 3.05) is 49.1 Å². The van der Waals surface area contributed by atoms with Crippen LogP contribution in [0.15, 0.2) is 12.2 Å². The van der Waals surface area contributed by atoms with E-state index in [0.717, 1.165) is 0 Å². The molecule has 336 valence electrons. The Morgan fingerprint density at radius 1 is 0.879 bits per heavy atom. The smallest absolute Gasteiger partial charge is 0.308 e. The van der Waals surface area contributed by atoms with Crippen molar-refractivity contribution in [2.45, 2.75) is 165 Å². The molecule has 0 amide bonds. The predicted octanol–water partition coefficient (Wildman–Crippen LogP) is 1.19. The molecule has 4 aliphatic rings. The molecule has 0 aliphatic carbocycles. The summed E-state index contributed by atoms with van der Waals surface area (Å²) in [5, 5.41) is 45.8. The summed E-state index contributed by atoms with van der Waals surface area (Å²) >= 11 is 0. The topological polar surface area (TPSA) is 211 Å². The van der Waals surface area contributed by atoms with Gasteiger partial charge in [-0.1, -0.05) is 20.8 Å². The van der Waals surface area contributed by atoms with Crippen LogP contribution in [0, 0.1) is 23.7 Å². The molecule has 4 N–H and O–H groups in total. The van der Waals surface area contributed by atoms with Crippen molar-refractivity contribution in [3.8, 4) is 0 Å². The van der Waals surface area contributed by atoms with Crippen molar-refractivity contribution in [3.63, 3.8) is 0 Å². The van der Waals surface area contributed by atoms with Crippen LogP contribution in [0.4, 0.5) is 0 Å². The van der Waals surface area contributed by atoms with Gasteiger partial charge in [0.15, 0.2) is 24.7 Å². The Morgan fingerprint density at radius 2 is 1.50 bits per heavy atom. The van der Waals surface area contributed by atoms with Crippen molar-refractivity contribution in [3.05, 3.63) is 12.2 Å². The van der Waals surface area contributed by atoms with E-state index in [1.54, 1.807) is 52.8 Å². The van der Waals surface area contributed by atoms with E-state index < -0.39 is 127 Å². The number of rotatable bonds is 13. The van der Waals surface area contributed by atoms with Crippen LogP contribution < -0.4 is 0 Å². The van der Waals surface area contributed by atoms with Crippen molar-refractivity contribution in [2.24, 2.45) is 23.7 Å². The average Bonchev–Trinajstić information content (AvgIpc) is 3.21. The number of aliphatic hydroxyl groups excluding tert-OH is 4. The van der Waals surface area contributed by atoms with Crippen LogP contribution in [0.3, 0.4) is 0 Å². The first-order chi connectivity index (χ1) is 27.3. The van der Waals surface area contributed by atoms with Crippen LogP contribution in [-0.2, 0) is 57.0 Å². The summed E-state index contributed by atoms with van der Waals surface area (Å²) in [6.07, 6.45) is -9.70. The fourth-order valence-electron chi connectivity index (χ4n) is 9.04. The summed E-state index contributed by atoms with van der Waals surface area (Å²) in [6.45, 7) is 10.3. The van der Waals surface area contributed by atoms with Gasteiger partial charge in [-0.05, 0) is 65.8 Å². The van der Waals surface area contributed by atoms with Gasteiger partial charge in [0.2, 0.25) is 0 Å². The lowest BCUT2D eigenvalue weighted by Gasteiger charge is -2.47. The number of allylic oxidation sites excluding steroid dienone is 1. The van der Waals surface area contributed by atoms with Crippen molar-refractivity contribution < 1.29 is 77.4 Å². The fraction of sp³-hybridized carbons (Fsp3) is 0.902. The second kappa shape index (κ2) is 21.4. The molecule has 19 atom stereocenters. The molecule has 0 radical (unpaired) electrons. The van der Waals surface area contributed by atoms with Gasteiger partial charge in [-0.15, -0.1) is 0 Å². The molecule has 0 spiro atoms.